The van der Waals surface area contributed by atoms with E-state index in [0.29, 0.717) is 15.3 Å². The molecule has 0 saturated heterocycles. The van der Waals surface area contributed by atoms with Gasteiger partial charge in [0, 0.05) is 9.89 Å². The fourth-order valence-electron chi connectivity index (χ4n) is 1.48. The quantitative estimate of drug-likeness (QED) is 0.480. The van der Waals surface area contributed by atoms with E-state index in [1.54, 1.807) is 0 Å². The fraction of sp³-hybridized carbons (Fsp3) is 0.333. The lowest BCUT2D eigenvalue weighted by Crippen LogP contribution is -2.15. The summed E-state index contributed by atoms with van der Waals surface area (Å²) in [4.78, 5) is 9.81. The van der Waals surface area contributed by atoms with Crippen LogP contribution in [0, 0.1) is 0 Å². The molecule has 0 fully saturated rings. The molecular weight excluding hydrogens is 435 g/mol. The van der Waals surface area contributed by atoms with Crippen molar-refractivity contribution >= 4 is 66.4 Å². The predicted octanol–water partition coefficient (Wildman–Crippen LogP) is 6.33. The molecule has 2 rings (SSSR count). The highest BCUT2D eigenvalue weighted by molar-refractivity contribution is 9.11. The van der Waals surface area contributed by atoms with Crippen LogP contribution in [0.4, 0.5) is 0 Å². The van der Waals surface area contributed by atoms with E-state index in [4.69, 9.17) is 23.2 Å². The normalized spacial score (nSPS) is 11.9. The number of aromatic nitrogens is 2. The second-order valence-corrected chi connectivity index (χ2v) is 8.64. The second-order valence-electron chi connectivity index (χ2n) is 4.98. The molecule has 0 saturated carbocycles. The van der Waals surface area contributed by atoms with Gasteiger partial charge in [0.2, 0.25) is 0 Å². The van der Waals surface area contributed by atoms with Gasteiger partial charge in [-0.3, -0.25) is 0 Å². The van der Waals surface area contributed by atoms with Gasteiger partial charge in [0.05, 0.1) is 15.0 Å². The molecule has 0 bridgehead atoms. The Labute approximate surface area is 142 Å². The van der Waals surface area contributed by atoms with Gasteiger partial charge in [-0.1, -0.05) is 44.0 Å². The summed E-state index contributed by atoms with van der Waals surface area (Å²) in [6, 6.07) is 1.90. The van der Waals surface area contributed by atoms with Gasteiger partial charge in [0.1, 0.15) is 9.49 Å². The Morgan fingerprint density at radius 3 is 2.26 bits per heavy atom. The van der Waals surface area contributed by atoms with Crippen molar-refractivity contribution in [2.75, 3.05) is 0 Å². The molecule has 0 radical (unpaired) electrons. The molecule has 102 valence electrons. The summed E-state index contributed by atoms with van der Waals surface area (Å²) in [6.07, 6.45) is 0. The highest BCUT2D eigenvalue weighted by Gasteiger charge is 2.23. The summed E-state index contributed by atoms with van der Waals surface area (Å²) in [5.74, 6) is 0.593. The third-order valence-corrected chi connectivity index (χ3v) is 6.11. The minimum absolute atomic E-state index is 0.127. The molecule has 2 nitrogen and oxygen atoms in total. The summed E-state index contributed by atoms with van der Waals surface area (Å²) in [5.41, 5.74) is 0.751. The van der Waals surface area contributed by atoms with Crippen LogP contribution in [0.25, 0.3) is 10.7 Å². The van der Waals surface area contributed by atoms with Gasteiger partial charge in [-0.05, 0) is 37.9 Å². The first-order valence-electron chi connectivity index (χ1n) is 5.39. The van der Waals surface area contributed by atoms with Gasteiger partial charge in [-0.2, -0.15) is 0 Å². The van der Waals surface area contributed by atoms with Gasteiger partial charge >= 0.3 is 0 Å². The molecule has 0 unspecified atom stereocenters. The number of hydrogen-bond acceptors (Lipinski definition) is 3. The highest BCUT2D eigenvalue weighted by atomic mass is 79.9. The Hall–Kier alpha value is 0.320. The van der Waals surface area contributed by atoms with Crippen molar-refractivity contribution < 1.29 is 0 Å². The topological polar surface area (TPSA) is 25.8 Å². The lowest BCUT2D eigenvalue weighted by atomic mass is 9.92. The van der Waals surface area contributed by atoms with Crippen molar-refractivity contribution in [3.63, 3.8) is 0 Å². The van der Waals surface area contributed by atoms with Crippen LogP contribution in [0.1, 0.15) is 26.5 Å². The lowest BCUT2D eigenvalue weighted by molar-refractivity contribution is 0.564. The number of nitrogens with zero attached hydrogens (tertiary/aromatic N) is 2. The zero-order valence-electron chi connectivity index (χ0n) is 10.4. The van der Waals surface area contributed by atoms with Crippen LogP contribution in [-0.2, 0) is 5.41 Å². The first kappa shape index (κ1) is 15.7. The van der Waals surface area contributed by atoms with Gasteiger partial charge in [-0.25, -0.2) is 9.97 Å². The lowest BCUT2D eigenvalue weighted by Gasteiger charge is -2.20. The van der Waals surface area contributed by atoms with Gasteiger partial charge < -0.3 is 0 Å². The summed E-state index contributed by atoms with van der Waals surface area (Å²) in [6.45, 7) is 6.24. The number of rotatable bonds is 1. The molecular formula is C12H10Br2Cl2N2S. The van der Waals surface area contributed by atoms with Gasteiger partial charge in [0.25, 0.3) is 0 Å². The Kier molecular flexibility index (Phi) is 4.63. The highest BCUT2D eigenvalue weighted by Crippen LogP contribution is 2.39. The van der Waals surface area contributed by atoms with E-state index in [1.165, 1.54) is 11.3 Å². The van der Waals surface area contributed by atoms with Crippen molar-refractivity contribution in [3.05, 3.63) is 30.2 Å². The van der Waals surface area contributed by atoms with Crippen molar-refractivity contribution in [2.45, 2.75) is 26.2 Å². The van der Waals surface area contributed by atoms with Crippen LogP contribution in [-0.4, -0.2) is 9.97 Å². The van der Waals surface area contributed by atoms with E-state index in [0.717, 1.165) is 19.5 Å². The molecule has 0 atom stereocenters. The fourth-order valence-corrected chi connectivity index (χ4v) is 4.06. The maximum absolute atomic E-state index is 6.18. The number of thiophene rings is 1. The number of halogens is 4. The van der Waals surface area contributed by atoms with E-state index >= 15 is 0 Å². The van der Waals surface area contributed by atoms with Crippen molar-refractivity contribution in [1.29, 1.82) is 0 Å². The zero-order valence-corrected chi connectivity index (χ0v) is 15.9. The molecule has 7 heteroatoms. The minimum atomic E-state index is -0.127. The van der Waals surface area contributed by atoms with Crippen LogP contribution in [0.5, 0.6) is 0 Å². The molecule has 0 aromatic carbocycles. The summed E-state index contributed by atoms with van der Waals surface area (Å²) in [7, 11) is 0. The molecule has 0 aliphatic carbocycles. The zero-order chi connectivity index (χ0) is 14.4. The van der Waals surface area contributed by atoms with E-state index < -0.39 is 0 Å². The van der Waals surface area contributed by atoms with E-state index in [2.05, 4.69) is 62.6 Å². The van der Waals surface area contributed by atoms with E-state index in [-0.39, 0.29) is 5.41 Å². The Bertz CT molecular complexity index is 616. The molecule has 0 spiro atoms. The smallest absolute Gasteiger partial charge is 0.171 e. The van der Waals surface area contributed by atoms with Crippen molar-refractivity contribution in [3.8, 4) is 10.7 Å². The molecule has 2 heterocycles. The first-order chi connectivity index (χ1) is 8.70. The van der Waals surface area contributed by atoms with E-state index in [9.17, 15) is 0 Å². The van der Waals surface area contributed by atoms with Crippen LogP contribution in [0.3, 0.4) is 0 Å². The average Bonchev–Trinajstić information content (AvgIpc) is 2.61. The molecule has 19 heavy (non-hydrogen) atoms. The predicted molar refractivity (Wildman–Crippen MR) is 89.5 cm³/mol. The third-order valence-electron chi connectivity index (χ3n) is 2.39. The molecule has 2 aromatic rings. The SMILES string of the molecule is CC(C)(C)c1nc(-c2cc(Br)c(Cl)s2)nc(Cl)c1Br. The van der Waals surface area contributed by atoms with Gasteiger partial charge in [0.15, 0.2) is 5.82 Å². The monoisotopic (exact) mass is 442 g/mol. The first-order valence-corrected chi connectivity index (χ1v) is 8.54. The largest absolute Gasteiger partial charge is 0.231 e. The average molecular weight is 445 g/mol. The Morgan fingerprint density at radius 1 is 1.16 bits per heavy atom. The Morgan fingerprint density at radius 2 is 1.79 bits per heavy atom. The standard InChI is InChI=1S/C12H10Br2Cl2N2S/c1-12(2,3)8-7(14)9(15)18-11(17-8)6-4-5(13)10(16)19-6/h4H,1-3H3. The van der Waals surface area contributed by atoms with Gasteiger partial charge in [-0.15, -0.1) is 11.3 Å². The molecule has 2 aromatic heterocycles. The molecule has 0 aliphatic rings. The maximum Gasteiger partial charge on any atom is 0.171 e. The van der Waals surface area contributed by atoms with Crippen molar-refractivity contribution in [1.82, 2.24) is 9.97 Å². The molecule has 0 aliphatic heterocycles. The second kappa shape index (κ2) is 5.60. The van der Waals surface area contributed by atoms with Crippen molar-refractivity contribution in [2.24, 2.45) is 0 Å². The Balaban J connectivity index is 2.63. The van der Waals surface area contributed by atoms with Crippen LogP contribution in [0.15, 0.2) is 15.0 Å². The minimum Gasteiger partial charge on any atom is -0.231 e. The summed E-state index contributed by atoms with van der Waals surface area (Å²) < 4.78 is 2.26. The summed E-state index contributed by atoms with van der Waals surface area (Å²) >= 11 is 20.5. The third kappa shape index (κ3) is 3.32. The molecule has 0 N–H and O–H groups in total. The van der Waals surface area contributed by atoms with Crippen LogP contribution >= 0.6 is 66.4 Å². The maximum atomic E-state index is 6.18. The summed E-state index contributed by atoms with van der Waals surface area (Å²) in [5, 5.41) is 0.413. The molecule has 0 amide bonds. The van der Waals surface area contributed by atoms with E-state index in [1.807, 2.05) is 6.07 Å². The van der Waals surface area contributed by atoms with Crippen LogP contribution in [0.2, 0.25) is 9.49 Å². The number of hydrogen-bond donors (Lipinski definition) is 0. The van der Waals surface area contributed by atoms with Crippen LogP contribution < -0.4 is 0 Å².